The highest BCUT2D eigenvalue weighted by Crippen LogP contribution is 2.20. The summed E-state index contributed by atoms with van der Waals surface area (Å²) in [5.41, 5.74) is 4.65. The van der Waals surface area contributed by atoms with Crippen molar-refractivity contribution < 1.29 is 9.53 Å². The van der Waals surface area contributed by atoms with Crippen LogP contribution in [0.3, 0.4) is 0 Å². The smallest absolute Gasteiger partial charge is 0.259 e. The highest BCUT2D eigenvalue weighted by molar-refractivity contribution is 6.06. The van der Waals surface area contributed by atoms with E-state index in [2.05, 4.69) is 23.0 Å². The van der Waals surface area contributed by atoms with E-state index >= 15 is 0 Å². The molecule has 0 spiro atoms. The van der Waals surface area contributed by atoms with Gasteiger partial charge in [0.2, 0.25) is 0 Å². The largest absolute Gasteiger partial charge is 0.496 e. The Morgan fingerprint density at radius 3 is 2.45 bits per heavy atom. The third-order valence-electron chi connectivity index (χ3n) is 5.08. The van der Waals surface area contributed by atoms with Crippen molar-refractivity contribution in [3.05, 3.63) is 89.7 Å². The third-order valence-corrected chi connectivity index (χ3v) is 5.08. The summed E-state index contributed by atoms with van der Waals surface area (Å²) in [5.74, 6) is 1.44. The maximum absolute atomic E-state index is 12.5. The molecule has 0 aliphatic rings. The van der Waals surface area contributed by atoms with Crippen molar-refractivity contribution in [2.24, 2.45) is 7.05 Å². The van der Waals surface area contributed by atoms with Crippen LogP contribution in [0.15, 0.2) is 72.8 Å². The molecule has 0 aliphatic heterocycles. The number of fused-ring (bicyclic) bond motifs is 1. The van der Waals surface area contributed by atoms with Gasteiger partial charge in [-0.25, -0.2) is 4.98 Å². The number of para-hydroxylation sites is 3. The van der Waals surface area contributed by atoms with Crippen molar-refractivity contribution in [2.45, 2.75) is 12.8 Å². The maximum Gasteiger partial charge on any atom is 0.259 e. The maximum atomic E-state index is 12.5. The first-order valence-corrected chi connectivity index (χ1v) is 9.59. The normalized spacial score (nSPS) is 10.8. The second-order valence-corrected chi connectivity index (χ2v) is 6.93. The molecule has 5 heteroatoms. The SMILES string of the molecule is COc1ccccc1C(=O)Nc1ccc(CCc2nc3ccccc3n2C)cc1. The molecular weight excluding hydrogens is 362 g/mol. The van der Waals surface area contributed by atoms with Gasteiger partial charge in [-0.3, -0.25) is 4.79 Å². The van der Waals surface area contributed by atoms with Crippen molar-refractivity contribution >= 4 is 22.6 Å². The van der Waals surface area contributed by atoms with Gasteiger partial charge in [0, 0.05) is 19.2 Å². The van der Waals surface area contributed by atoms with E-state index in [1.807, 2.05) is 54.6 Å². The number of hydrogen-bond acceptors (Lipinski definition) is 3. The zero-order valence-electron chi connectivity index (χ0n) is 16.6. The number of anilines is 1. The Morgan fingerprint density at radius 1 is 0.966 bits per heavy atom. The average molecular weight is 385 g/mol. The predicted molar refractivity (Wildman–Crippen MR) is 116 cm³/mol. The molecule has 0 radical (unpaired) electrons. The molecular formula is C24H23N3O2. The summed E-state index contributed by atoms with van der Waals surface area (Å²) in [7, 11) is 3.62. The number of methoxy groups -OCH3 is 1. The summed E-state index contributed by atoms with van der Waals surface area (Å²) in [6, 6.07) is 23.3. The molecule has 1 aromatic heterocycles. The number of hydrogen-bond donors (Lipinski definition) is 1. The summed E-state index contributed by atoms with van der Waals surface area (Å²) in [6.45, 7) is 0. The highest BCUT2D eigenvalue weighted by atomic mass is 16.5. The fraction of sp³-hybridized carbons (Fsp3) is 0.167. The number of amides is 1. The molecule has 0 bridgehead atoms. The lowest BCUT2D eigenvalue weighted by atomic mass is 10.1. The standard InChI is InChI=1S/C24H23N3O2/c1-27-21-9-5-4-8-20(21)26-23(27)16-13-17-11-14-18(15-12-17)25-24(28)19-7-3-6-10-22(19)29-2/h3-12,14-15H,13,16H2,1-2H3,(H,25,28). The van der Waals surface area contributed by atoms with Crippen molar-refractivity contribution in [1.29, 1.82) is 0 Å². The molecule has 4 rings (SSSR count). The molecule has 0 atom stereocenters. The van der Waals surface area contributed by atoms with Crippen LogP contribution in [0, 0.1) is 0 Å². The minimum atomic E-state index is -0.185. The minimum Gasteiger partial charge on any atom is -0.496 e. The van der Waals surface area contributed by atoms with Crippen LogP contribution in [0.4, 0.5) is 5.69 Å². The molecule has 3 aromatic carbocycles. The summed E-state index contributed by atoms with van der Waals surface area (Å²) >= 11 is 0. The van der Waals surface area contributed by atoms with Crippen molar-refractivity contribution in [1.82, 2.24) is 9.55 Å². The Bertz CT molecular complexity index is 1150. The summed E-state index contributed by atoms with van der Waals surface area (Å²) < 4.78 is 7.41. The molecule has 1 heterocycles. The van der Waals surface area contributed by atoms with Crippen LogP contribution >= 0.6 is 0 Å². The van der Waals surface area contributed by atoms with Gasteiger partial charge in [0.25, 0.3) is 5.91 Å². The van der Waals surface area contributed by atoms with E-state index < -0.39 is 0 Å². The molecule has 0 fully saturated rings. The number of carbonyl (C=O) groups excluding carboxylic acids is 1. The summed E-state index contributed by atoms with van der Waals surface area (Å²) in [4.78, 5) is 17.2. The topological polar surface area (TPSA) is 56.1 Å². The number of imidazole rings is 1. The molecule has 146 valence electrons. The number of aryl methyl sites for hydroxylation is 3. The summed E-state index contributed by atoms with van der Waals surface area (Å²) in [5, 5.41) is 2.93. The Labute approximate surface area is 170 Å². The molecule has 1 N–H and O–H groups in total. The minimum absolute atomic E-state index is 0.185. The van der Waals surface area contributed by atoms with E-state index in [0.29, 0.717) is 11.3 Å². The molecule has 29 heavy (non-hydrogen) atoms. The van der Waals surface area contributed by atoms with Gasteiger partial charge in [-0.2, -0.15) is 0 Å². The quantitative estimate of drug-likeness (QED) is 0.527. The Kier molecular flexibility index (Phi) is 5.29. The van der Waals surface area contributed by atoms with Crippen LogP contribution in [-0.4, -0.2) is 22.6 Å². The zero-order chi connectivity index (χ0) is 20.2. The Balaban J connectivity index is 1.41. The molecule has 0 aliphatic carbocycles. The van der Waals surface area contributed by atoms with Gasteiger partial charge in [0.05, 0.1) is 23.7 Å². The Hall–Kier alpha value is -3.60. The number of aromatic nitrogens is 2. The number of nitrogens with one attached hydrogen (secondary N) is 1. The molecule has 4 aromatic rings. The lowest BCUT2D eigenvalue weighted by Gasteiger charge is -2.10. The number of rotatable bonds is 6. The van der Waals surface area contributed by atoms with Crippen molar-refractivity contribution in [3.8, 4) is 5.75 Å². The number of ether oxygens (including phenoxy) is 1. The van der Waals surface area contributed by atoms with E-state index in [1.165, 1.54) is 5.56 Å². The van der Waals surface area contributed by atoms with Gasteiger partial charge < -0.3 is 14.6 Å². The molecule has 0 unspecified atom stereocenters. The summed E-state index contributed by atoms with van der Waals surface area (Å²) in [6.07, 6.45) is 1.75. The molecule has 5 nitrogen and oxygen atoms in total. The molecule has 0 saturated carbocycles. The Morgan fingerprint density at radius 2 is 1.69 bits per heavy atom. The van der Waals surface area contributed by atoms with Crippen LogP contribution < -0.4 is 10.1 Å². The van der Waals surface area contributed by atoms with E-state index in [1.54, 1.807) is 19.2 Å². The fourth-order valence-corrected chi connectivity index (χ4v) is 3.46. The third kappa shape index (κ3) is 3.99. The van der Waals surface area contributed by atoms with Crippen LogP contribution in [0.5, 0.6) is 5.75 Å². The van der Waals surface area contributed by atoms with Gasteiger partial charge in [-0.05, 0) is 48.4 Å². The number of carbonyl (C=O) groups is 1. The second-order valence-electron chi connectivity index (χ2n) is 6.93. The van der Waals surface area contributed by atoms with Crippen LogP contribution in [0.25, 0.3) is 11.0 Å². The average Bonchev–Trinajstić information content (AvgIpc) is 3.09. The van der Waals surface area contributed by atoms with E-state index in [0.717, 1.165) is 35.4 Å². The first-order chi connectivity index (χ1) is 14.2. The predicted octanol–water partition coefficient (Wildman–Crippen LogP) is 4.62. The first-order valence-electron chi connectivity index (χ1n) is 9.59. The molecule has 0 saturated heterocycles. The molecule has 1 amide bonds. The van der Waals surface area contributed by atoms with Gasteiger partial charge in [-0.15, -0.1) is 0 Å². The zero-order valence-corrected chi connectivity index (χ0v) is 16.6. The number of nitrogens with zero attached hydrogens (tertiary/aromatic N) is 2. The second kappa shape index (κ2) is 8.19. The van der Waals surface area contributed by atoms with Gasteiger partial charge in [-0.1, -0.05) is 36.4 Å². The highest BCUT2D eigenvalue weighted by Gasteiger charge is 2.12. The lowest BCUT2D eigenvalue weighted by molar-refractivity contribution is 0.102. The number of benzene rings is 3. The van der Waals surface area contributed by atoms with Crippen molar-refractivity contribution in [2.75, 3.05) is 12.4 Å². The van der Waals surface area contributed by atoms with Crippen molar-refractivity contribution in [3.63, 3.8) is 0 Å². The van der Waals surface area contributed by atoms with E-state index in [4.69, 9.17) is 9.72 Å². The van der Waals surface area contributed by atoms with Gasteiger partial charge in [0.15, 0.2) is 0 Å². The van der Waals surface area contributed by atoms with Gasteiger partial charge in [0.1, 0.15) is 11.6 Å². The van der Waals surface area contributed by atoms with E-state index in [9.17, 15) is 4.79 Å². The van der Waals surface area contributed by atoms with E-state index in [-0.39, 0.29) is 5.91 Å². The monoisotopic (exact) mass is 385 g/mol. The van der Waals surface area contributed by atoms with Crippen LogP contribution in [-0.2, 0) is 19.9 Å². The first kappa shape index (κ1) is 18.7. The lowest BCUT2D eigenvalue weighted by Crippen LogP contribution is -2.13. The van der Waals surface area contributed by atoms with Gasteiger partial charge >= 0.3 is 0 Å². The van der Waals surface area contributed by atoms with Crippen LogP contribution in [0.1, 0.15) is 21.7 Å². The fourth-order valence-electron chi connectivity index (χ4n) is 3.46. The van der Waals surface area contributed by atoms with Crippen LogP contribution in [0.2, 0.25) is 0 Å².